The summed E-state index contributed by atoms with van der Waals surface area (Å²) < 4.78 is 0. The van der Waals surface area contributed by atoms with E-state index >= 15 is 0 Å². The molecule has 2 rings (SSSR count). The van der Waals surface area contributed by atoms with Gasteiger partial charge in [0.15, 0.2) is 0 Å². The fourth-order valence-electron chi connectivity index (χ4n) is 2.67. The molecule has 0 aliphatic carbocycles. The van der Waals surface area contributed by atoms with Crippen LogP contribution in [-0.4, -0.2) is 58.8 Å². The van der Waals surface area contributed by atoms with Crippen molar-refractivity contribution in [1.82, 2.24) is 9.80 Å². The van der Waals surface area contributed by atoms with Crippen molar-refractivity contribution in [2.24, 2.45) is 11.8 Å². The molecule has 0 radical (unpaired) electrons. The van der Waals surface area contributed by atoms with E-state index < -0.39 is 0 Å². The number of amides is 2. The highest BCUT2D eigenvalue weighted by Crippen LogP contribution is 2.26. The molecule has 2 aliphatic heterocycles. The highest BCUT2D eigenvalue weighted by molar-refractivity contribution is 7.99. The van der Waals surface area contributed by atoms with Crippen LogP contribution >= 0.6 is 11.8 Å². The third kappa shape index (κ3) is 2.51. The minimum atomic E-state index is -0.0667. The first-order valence-electron chi connectivity index (χ1n) is 6.69. The molecule has 0 aromatic carbocycles. The maximum Gasteiger partial charge on any atom is 0.227 e. The molecule has 4 nitrogen and oxygen atoms in total. The Morgan fingerprint density at radius 2 is 2.06 bits per heavy atom. The zero-order valence-electron chi connectivity index (χ0n) is 11.4. The zero-order valence-corrected chi connectivity index (χ0v) is 12.2. The highest BCUT2D eigenvalue weighted by Gasteiger charge is 2.39. The van der Waals surface area contributed by atoms with E-state index in [1.807, 2.05) is 42.3 Å². The largest absolute Gasteiger partial charge is 0.340 e. The SMILES string of the molecule is CC(C)C(=O)N1CCN2CCSCC1C(C)C2=O. The highest BCUT2D eigenvalue weighted by atomic mass is 32.2. The van der Waals surface area contributed by atoms with Gasteiger partial charge in [-0.2, -0.15) is 11.8 Å². The number of hydrogen-bond donors (Lipinski definition) is 0. The molecular weight excluding hydrogens is 248 g/mol. The van der Waals surface area contributed by atoms with Crippen molar-refractivity contribution in [2.75, 3.05) is 31.1 Å². The summed E-state index contributed by atoms with van der Waals surface area (Å²) in [5.74, 6) is 2.22. The quantitative estimate of drug-likeness (QED) is 0.715. The molecule has 2 bridgehead atoms. The smallest absolute Gasteiger partial charge is 0.227 e. The Balaban J connectivity index is 2.27. The van der Waals surface area contributed by atoms with Gasteiger partial charge in [0, 0.05) is 37.1 Å². The molecule has 2 unspecified atom stereocenters. The number of carbonyl (C=O) groups excluding carboxylic acids is 2. The summed E-state index contributed by atoms with van der Waals surface area (Å²) in [6.45, 7) is 8.04. The summed E-state index contributed by atoms with van der Waals surface area (Å²) in [7, 11) is 0. The molecule has 2 heterocycles. The maximum atomic E-state index is 12.3. The Morgan fingerprint density at radius 1 is 1.33 bits per heavy atom. The third-order valence-corrected chi connectivity index (χ3v) is 4.91. The van der Waals surface area contributed by atoms with E-state index in [-0.39, 0.29) is 29.7 Å². The molecule has 2 fully saturated rings. The number of rotatable bonds is 1. The Hall–Kier alpha value is -0.710. The average Bonchev–Trinajstić information content (AvgIpc) is 2.44. The van der Waals surface area contributed by atoms with Crippen LogP contribution in [-0.2, 0) is 9.59 Å². The number of carbonyl (C=O) groups is 2. The lowest BCUT2D eigenvalue weighted by Gasteiger charge is -2.34. The van der Waals surface area contributed by atoms with Crippen LogP contribution < -0.4 is 0 Å². The molecule has 2 amide bonds. The molecule has 0 aromatic heterocycles. The molecule has 0 aromatic rings. The van der Waals surface area contributed by atoms with Crippen molar-refractivity contribution in [2.45, 2.75) is 26.8 Å². The van der Waals surface area contributed by atoms with Gasteiger partial charge < -0.3 is 9.80 Å². The fourth-order valence-corrected chi connectivity index (χ4v) is 3.89. The van der Waals surface area contributed by atoms with Gasteiger partial charge in [0.1, 0.15) is 0 Å². The first kappa shape index (κ1) is 13.7. The molecule has 2 saturated heterocycles. The first-order chi connectivity index (χ1) is 8.52. The van der Waals surface area contributed by atoms with Gasteiger partial charge in [-0.05, 0) is 0 Å². The maximum absolute atomic E-state index is 12.3. The summed E-state index contributed by atoms with van der Waals surface area (Å²) in [4.78, 5) is 28.5. The normalized spacial score (nSPS) is 29.2. The predicted molar refractivity (Wildman–Crippen MR) is 73.4 cm³/mol. The second-order valence-corrected chi connectivity index (χ2v) is 6.59. The topological polar surface area (TPSA) is 40.6 Å². The molecule has 0 spiro atoms. The van der Waals surface area contributed by atoms with Crippen molar-refractivity contribution in [1.29, 1.82) is 0 Å². The lowest BCUT2D eigenvalue weighted by molar-refractivity contribution is -0.138. The minimum Gasteiger partial charge on any atom is -0.340 e. The van der Waals surface area contributed by atoms with E-state index in [2.05, 4.69) is 0 Å². The van der Waals surface area contributed by atoms with Crippen LogP contribution in [0.1, 0.15) is 20.8 Å². The molecular formula is C13H22N2O2S. The van der Waals surface area contributed by atoms with E-state index in [1.54, 1.807) is 0 Å². The van der Waals surface area contributed by atoms with Crippen LogP contribution in [0.2, 0.25) is 0 Å². The number of fused-ring (bicyclic) bond motifs is 3. The summed E-state index contributed by atoms with van der Waals surface area (Å²) >= 11 is 1.86. The van der Waals surface area contributed by atoms with E-state index in [0.717, 1.165) is 18.1 Å². The second kappa shape index (κ2) is 5.51. The average molecular weight is 270 g/mol. The van der Waals surface area contributed by atoms with Gasteiger partial charge in [0.05, 0.1) is 12.0 Å². The van der Waals surface area contributed by atoms with Crippen LogP contribution in [0.4, 0.5) is 0 Å². The van der Waals surface area contributed by atoms with E-state index in [4.69, 9.17) is 0 Å². The number of thioether (sulfide) groups is 1. The molecule has 2 atom stereocenters. The van der Waals surface area contributed by atoms with Crippen LogP contribution in [0, 0.1) is 11.8 Å². The van der Waals surface area contributed by atoms with Gasteiger partial charge in [0.25, 0.3) is 0 Å². The summed E-state index contributed by atoms with van der Waals surface area (Å²) in [5.41, 5.74) is 0. The molecule has 0 N–H and O–H groups in total. The van der Waals surface area contributed by atoms with Gasteiger partial charge in [-0.1, -0.05) is 20.8 Å². The van der Waals surface area contributed by atoms with Gasteiger partial charge in [0.2, 0.25) is 11.8 Å². The van der Waals surface area contributed by atoms with Crippen molar-refractivity contribution < 1.29 is 9.59 Å². The molecule has 0 saturated carbocycles. The van der Waals surface area contributed by atoms with E-state index in [0.29, 0.717) is 13.1 Å². The Bertz CT molecular complexity index is 346. The Morgan fingerprint density at radius 3 is 2.72 bits per heavy atom. The van der Waals surface area contributed by atoms with Crippen LogP contribution in [0.15, 0.2) is 0 Å². The van der Waals surface area contributed by atoms with Gasteiger partial charge in [-0.25, -0.2) is 0 Å². The fraction of sp³-hybridized carbons (Fsp3) is 0.846. The summed E-state index contributed by atoms with van der Waals surface area (Å²) in [6, 6.07) is 0.0719. The third-order valence-electron chi connectivity index (χ3n) is 3.86. The van der Waals surface area contributed by atoms with Crippen molar-refractivity contribution >= 4 is 23.6 Å². The van der Waals surface area contributed by atoms with E-state index in [1.165, 1.54) is 0 Å². The minimum absolute atomic E-state index is 0.00658. The van der Waals surface area contributed by atoms with E-state index in [9.17, 15) is 9.59 Å². The standard InChI is InChI=1S/C13H22N2O2S/c1-9(2)12(16)15-5-4-14-6-7-18-8-11(15)10(3)13(14)17/h9-11H,4-8H2,1-3H3. The van der Waals surface area contributed by atoms with Crippen LogP contribution in [0.5, 0.6) is 0 Å². The molecule has 5 heteroatoms. The first-order valence-corrected chi connectivity index (χ1v) is 7.85. The lowest BCUT2D eigenvalue weighted by atomic mass is 10.00. The predicted octanol–water partition coefficient (Wildman–Crippen LogP) is 1.06. The molecule has 2 aliphatic rings. The second-order valence-electron chi connectivity index (χ2n) is 5.44. The van der Waals surface area contributed by atoms with Gasteiger partial charge in [-0.3, -0.25) is 9.59 Å². The Kier molecular flexibility index (Phi) is 4.20. The van der Waals surface area contributed by atoms with Gasteiger partial charge in [-0.15, -0.1) is 0 Å². The lowest BCUT2D eigenvalue weighted by Crippen LogP contribution is -2.48. The number of nitrogens with zero attached hydrogens (tertiary/aromatic N) is 2. The monoisotopic (exact) mass is 270 g/mol. The number of hydrogen-bond acceptors (Lipinski definition) is 3. The van der Waals surface area contributed by atoms with Crippen molar-refractivity contribution in [3.05, 3.63) is 0 Å². The van der Waals surface area contributed by atoms with Crippen LogP contribution in [0.25, 0.3) is 0 Å². The summed E-state index contributed by atoms with van der Waals surface area (Å²) in [6.07, 6.45) is 0. The Labute approximate surface area is 113 Å². The van der Waals surface area contributed by atoms with Crippen molar-refractivity contribution in [3.8, 4) is 0 Å². The zero-order chi connectivity index (χ0) is 13.3. The summed E-state index contributed by atoms with van der Waals surface area (Å²) in [5, 5.41) is 0. The van der Waals surface area contributed by atoms with Crippen LogP contribution in [0.3, 0.4) is 0 Å². The molecule has 18 heavy (non-hydrogen) atoms. The van der Waals surface area contributed by atoms with Crippen molar-refractivity contribution in [3.63, 3.8) is 0 Å². The molecule has 102 valence electrons. The van der Waals surface area contributed by atoms with Gasteiger partial charge >= 0.3 is 0 Å².